The van der Waals surface area contributed by atoms with Crippen LogP contribution in [0.15, 0.2) is 24.3 Å². The summed E-state index contributed by atoms with van der Waals surface area (Å²) in [5.41, 5.74) is 7.05. The number of rotatable bonds is 6. The van der Waals surface area contributed by atoms with Crippen molar-refractivity contribution in [2.45, 2.75) is 40.2 Å². The Balaban J connectivity index is 0.00000172. The van der Waals surface area contributed by atoms with Gasteiger partial charge in [-0.3, -0.25) is 4.79 Å². The number of esters is 1. The van der Waals surface area contributed by atoms with Gasteiger partial charge in [0.2, 0.25) is 0 Å². The van der Waals surface area contributed by atoms with Crippen molar-refractivity contribution in [2.75, 3.05) is 13.7 Å². The number of nitrogens with two attached hydrogens (primary N) is 1. The van der Waals surface area contributed by atoms with E-state index in [-0.39, 0.29) is 17.9 Å². The number of para-hydroxylation sites is 1. The lowest BCUT2D eigenvalue weighted by Gasteiger charge is -2.19. The molecule has 20 heavy (non-hydrogen) atoms. The fourth-order valence-electron chi connectivity index (χ4n) is 1.75. The van der Waals surface area contributed by atoms with Gasteiger partial charge in [-0.05, 0) is 25.0 Å². The molecule has 1 rings (SSSR count). The van der Waals surface area contributed by atoms with Crippen LogP contribution in [0.1, 0.15) is 33.3 Å². The summed E-state index contributed by atoms with van der Waals surface area (Å²) in [4.78, 5) is 11.6. The number of hydrogen-bond donors (Lipinski definition) is 1. The highest BCUT2D eigenvalue weighted by Crippen LogP contribution is 2.20. The predicted molar refractivity (Wildman–Crippen MR) is 81.8 cm³/mol. The van der Waals surface area contributed by atoms with Gasteiger partial charge < -0.3 is 15.2 Å². The second kappa shape index (κ2) is 10.3. The fraction of sp³-hybridized carbons (Fsp3) is 0.562. The molecule has 0 aliphatic heterocycles. The Labute approximate surface area is 122 Å². The van der Waals surface area contributed by atoms with Crippen LogP contribution in [-0.2, 0) is 16.0 Å². The molecule has 4 heteroatoms. The van der Waals surface area contributed by atoms with E-state index in [4.69, 9.17) is 15.2 Å². The van der Waals surface area contributed by atoms with Crippen LogP contribution in [0.5, 0.6) is 5.75 Å². The maximum atomic E-state index is 11.6. The highest BCUT2D eigenvalue weighted by Gasteiger charge is 2.22. The van der Waals surface area contributed by atoms with Crippen molar-refractivity contribution in [3.8, 4) is 5.75 Å². The summed E-state index contributed by atoms with van der Waals surface area (Å²) in [6, 6.07) is 7.40. The zero-order chi connectivity index (χ0) is 15.5. The molecule has 0 fully saturated rings. The lowest BCUT2D eigenvalue weighted by Crippen LogP contribution is -2.36. The molecule has 0 aromatic heterocycles. The summed E-state index contributed by atoms with van der Waals surface area (Å²) >= 11 is 0. The van der Waals surface area contributed by atoms with E-state index in [1.807, 2.05) is 38.1 Å². The van der Waals surface area contributed by atoms with Crippen LogP contribution in [0, 0.1) is 5.92 Å². The van der Waals surface area contributed by atoms with E-state index in [2.05, 4.69) is 0 Å². The highest BCUT2D eigenvalue weighted by atomic mass is 16.5. The molecule has 0 saturated heterocycles. The van der Waals surface area contributed by atoms with Crippen LogP contribution in [0.3, 0.4) is 0 Å². The maximum absolute atomic E-state index is 11.6. The van der Waals surface area contributed by atoms with Gasteiger partial charge in [0.25, 0.3) is 0 Å². The normalized spacial score (nSPS) is 12.7. The lowest BCUT2D eigenvalue weighted by molar-refractivity contribution is -0.148. The third kappa shape index (κ3) is 5.61. The highest BCUT2D eigenvalue weighted by molar-refractivity contribution is 5.72. The molecule has 0 aliphatic carbocycles. The smallest absolute Gasteiger partial charge is 0.310 e. The van der Waals surface area contributed by atoms with E-state index in [0.717, 1.165) is 11.3 Å². The molecule has 2 unspecified atom stereocenters. The predicted octanol–water partition coefficient (Wildman–Crippen LogP) is 2.79. The number of hydrogen-bond acceptors (Lipinski definition) is 4. The quantitative estimate of drug-likeness (QED) is 0.814. The van der Waals surface area contributed by atoms with E-state index >= 15 is 0 Å². The van der Waals surface area contributed by atoms with Crippen molar-refractivity contribution in [3.05, 3.63) is 29.8 Å². The van der Waals surface area contributed by atoms with Gasteiger partial charge in [0.05, 0.1) is 19.6 Å². The topological polar surface area (TPSA) is 61.5 Å². The average Bonchev–Trinajstić information content (AvgIpc) is 2.49. The first-order valence-corrected chi connectivity index (χ1v) is 7.14. The number of ether oxygens (including phenoxy) is 2. The summed E-state index contributed by atoms with van der Waals surface area (Å²) in [5.74, 6) is 0.221. The molecule has 0 heterocycles. The van der Waals surface area contributed by atoms with Crippen molar-refractivity contribution < 1.29 is 14.3 Å². The molecule has 1 aromatic rings. The van der Waals surface area contributed by atoms with Crippen molar-refractivity contribution in [2.24, 2.45) is 11.7 Å². The molecule has 0 spiro atoms. The molecule has 114 valence electrons. The molecular formula is C16H27NO3. The first kappa shape index (κ1) is 18.4. The van der Waals surface area contributed by atoms with Gasteiger partial charge >= 0.3 is 5.97 Å². The fourth-order valence-corrected chi connectivity index (χ4v) is 1.75. The SMILES string of the molecule is CC.CCOC(=O)C(C)C(N)Cc1ccccc1OC. The largest absolute Gasteiger partial charge is 0.496 e. The Kier molecular flexibility index (Phi) is 9.47. The third-order valence-electron chi connectivity index (χ3n) is 2.95. The van der Waals surface area contributed by atoms with Crippen molar-refractivity contribution in [1.29, 1.82) is 0 Å². The first-order valence-electron chi connectivity index (χ1n) is 7.14. The molecule has 0 saturated carbocycles. The molecule has 0 amide bonds. The first-order chi connectivity index (χ1) is 9.60. The van der Waals surface area contributed by atoms with Gasteiger partial charge in [0, 0.05) is 6.04 Å². The second-order valence-electron chi connectivity index (χ2n) is 4.22. The van der Waals surface area contributed by atoms with Gasteiger partial charge in [0.15, 0.2) is 0 Å². The minimum absolute atomic E-state index is 0.250. The Morgan fingerprint density at radius 1 is 1.30 bits per heavy atom. The maximum Gasteiger partial charge on any atom is 0.310 e. The van der Waals surface area contributed by atoms with Crippen LogP contribution in [0.25, 0.3) is 0 Å². The minimum Gasteiger partial charge on any atom is -0.496 e. The van der Waals surface area contributed by atoms with Crippen molar-refractivity contribution in [3.63, 3.8) is 0 Å². The van der Waals surface area contributed by atoms with E-state index < -0.39 is 0 Å². The van der Waals surface area contributed by atoms with Crippen LogP contribution < -0.4 is 10.5 Å². The van der Waals surface area contributed by atoms with E-state index in [1.165, 1.54) is 0 Å². The minimum atomic E-state index is -0.324. The van der Waals surface area contributed by atoms with Gasteiger partial charge in [-0.25, -0.2) is 0 Å². The molecule has 1 aromatic carbocycles. The van der Waals surface area contributed by atoms with Crippen LogP contribution in [0.4, 0.5) is 0 Å². The van der Waals surface area contributed by atoms with Gasteiger partial charge in [0.1, 0.15) is 5.75 Å². The summed E-state index contributed by atoms with van der Waals surface area (Å²) in [7, 11) is 1.62. The van der Waals surface area contributed by atoms with E-state index in [1.54, 1.807) is 21.0 Å². The van der Waals surface area contributed by atoms with Crippen molar-refractivity contribution >= 4 is 5.97 Å². The number of benzene rings is 1. The van der Waals surface area contributed by atoms with Gasteiger partial charge in [-0.2, -0.15) is 0 Å². The van der Waals surface area contributed by atoms with E-state index in [9.17, 15) is 4.79 Å². The Morgan fingerprint density at radius 2 is 1.90 bits per heavy atom. The average molecular weight is 281 g/mol. The lowest BCUT2D eigenvalue weighted by atomic mass is 9.95. The number of carbonyl (C=O) groups is 1. The monoisotopic (exact) mass is 281 g/mol. The second-order valence-corrected chi connectivity index (χ2v) is 4.22. The van der Waals surface area contributed by atoms with Crippen LogP contribution >= 0.6 is 0 Å². The Hall–Kier alpha value is -1.55. The molecule has 4 nitrogen and oxygen atoms in total. The van der Waals surface area contributed by atoms with Crippen molar-refractivity contribution in [1.82, 2.24) is 0 Å². The zero-order valence-corrected chi connectivity index (χ0v) is 13.2. The standard InChI is InChI=1S/C14H21NO3.C2H6/c1-4-18-14(16)10(2)12(15)9-11-7-5-6-8-13(11)17-3;1-2/h5-8,10,12H,4,9,15H2,1-3H3;1-2H3. The van der Waals surface area contributed by atoms with Crippen LogP contribution in [0.2, 0.25) is 0 Å². The molecular weight excluding hydrogens is 254 g/mol. The third-order valence-corrected chi connectivity index (χ3v) is 2.95. The Morgan fingerprint density at radius 3 is 2.45 bits per heavy atom. The van der Waals surface area contributed by atoms with Gasteiger partial charge in [-0.15, -0.1) is 0 Å². The number of methoxy groups -OCH3 is 1. The number of carbonyl (C=O) groups excluding carboxylic acids is 1. The Bertz CT molecular complexity index is 393. The molecule has 2 atom stereocenters. The summed E-state index contributed by atoms with van der Waals surface area (Å²) in [5, 5.41) is 0. The molecule has 0 bridgehead atoms. The molecule has 2 N–H and O–H groups in total. The zero-order valence-electron chi connectivity index (χ0n) is 13.2. The molecule has 0 aliphatic rings. The summed E-state index contributed by atoms with van der Waals surface area (Å²) in [6.07, 6.45) is 0.587. The van der Waals surface area contributed by atoms with E-state index in [0.29, 0.717) is 13.0 Å². The summed E-state index contributed by atoms with van der Waals surface area (Å²) < 4.78 is 10.2. The molecule has 0 radical (unpaired) electrons. The van der Waals surface area contributed by atoms with Gasteiger partial charge in [-0.1, -0.05) is 39.0 Å². The van der Waals surface area contributed by atoms with Crippen LogP contribution in [-0.4, -0.2) is 25.7 Å². The summed E-state index contributed by atoms with van der Waals surface area (Å²) in [6.45, 7) is 7.96.